The van der Waals surface area contributed by atoms with Gasteiger partial charge >= 0.3 is 0 Å². The molecule has 3 heterocycles. The van der Waals surface area contributed by atoms with Crippen molar-refractivity contribution in [2.45, 2.75) is 26.3 Å². The van der Waals surface area contributed by atoms with Gasteiger partial charge in [-0.15, -0.1) is 0 Å². The van der Waals surface area contributed by atoms with Gasteiger partial charge in [-0.2, -0.15) is 5.10 Å². The highest BCUT2D eigenvalue weighted by atomic mass is 16.4. The topological polar surface area (TPSA) is 89.0 Å². The molecule has 1 aliphatic rings. The highest BCUT2D eigenvalue weighted by molar-refractivity contribution is 6.50. The summed E-state index contributed by atoms with van der Waals surface area (Å²) in [5, 5.41) is 11.6. The number of unbranched alkanes of at least 4 members (excludes halogenated alkanes) is 1. The molecule has 1 aliphatic heterocycles. The zero-order valence-electron chi connectivity index (χ0n) is 18.4. The van der Waals surface area contributed by atoms with Gasteiger partial charge in [0.2, 0.25) is 0 Å². The van der Waals surface area contributed by atoms with Crippen molar-refractivity contribution >= 4 is 44.8 Å². The van der Waals surface area contributed by atoms with Crippen LogP contribution in [-0.4, -0.2) is 40.8 Å². The second-order valence-electron chi connectivity index (χ2n) is 7.67. The van der Waals surface area contributed by atoms with Gasteiger partial charge in [-0.05, 0) is 18.6 Å². The van der Waals surface area contributed by atoms with Crippen LogP contribution in [0.2, 0.25) is 0 Å². The van der Waals surface area contributed by atoms with Crippen molar-refractivity contribution in [1.29, 1.82) is 0 Å². The van der Waals surface area contributed by atoms with E-state index in [-0.39, 0.29) is 5.91 Å². The molecular formula is C25H26N4O3. The minimum absolute atomic E-state index is 0.325. The third kappa shape index (κ3) is 3.71. The average molecular weight is 431 g/mol. The number of amides is 2. The maximum atomic E-state index is 12.9. The van der Waals surface area contributed by atoms with E-state index in [4.69, 9.17) is 0 Å². The lowest BCUT2D eigenvalue weighted by atomic mass is 9.97. The number of methoxy groups -OCH3 is 1. The van der Waals surface area contributed by atoms with Gasteiger partial charge in [-0.3, -0.25) is 20.0 Å². The van der Waals surface area contributed by atoms with E-state index < -0.39 is 5.91 Å². The van der Waals surface area contributed by atoms with Crippen molar-refractivity contribution in [1.82, 2.24) is 20.1 Å². The summed E-state index contributed by atoms with van der Waals surface area (Å²) in [5.74, 6) is -0.789. The molecule has 0 aliphatic carbocycles. The van der Waals surface area contributed by atoms with Crippen LogP contribution < -0.4 is 5.32 Å². The van der Waals surface area contributed by atoms with Crippen LogP contribution >= 0.6 is 0 Å². The van der Waals surface area contributed by atoms with Crippen LogP contribution in [0.25, 0.3) is 33.0 Å². The fourth-order valence-electron chi connectivity index (χ4n) is 4.05. The Labute approximate surface area is 186 Å². The van der Waals surface area contributed by atoms with Gasteiger partial charge < -0.3 is 9.30 Å². The van der Waals surface area contributed by atoms with Crippen LogP contribution in [0, 0.1) is 0 Å². The van der Waals surface area contributed by atoms with Gasteiger partial charge in [-0.1, -0.05) is 49.7 Å². The Kier molecular flexibility index (Phi) is 6.18. The van der Waals surface area contributed by atoms with Crippen molar-refractivity contribution < 1.29 is 14.3 Å². The number of fused-ring (bicyclic) bond motifs is 2. The fraction of sp³-hybridized carbons (Fsp3) is 0.240. The Balaban J connectivity index is 0.000000775. The lowest BCUT2D eigenvalue weighted by Crippen LogP contribution is -2.22. The Morgan fingerprint density at radius 3 is 2.34 bits per heavy atom. The number of aromatic amines is 1. The molecule has 5 rings (SSSR count). The molecule has 0 bridgehead atoms. The Morgan fingerprint density at radius 1 is 0.938 bits per heavy atom. The van der Waals surface area contributed by atoms with Gasteiger partial charge in [0, 0.05) is 48.8 Å². The summed E-state index contributed by atoms with van der Waals surface area (Å²) < 4.78 is 6.41. The maximum absolute atomic E-state index is 12.9. The first-order valence-corrected chi connectivity index (χ1v) is 10.6. The number of imide groups is 1. The zero-order valence-corrected chi connectivity index (χ0v) is 18.4. The molecule has 164 valence electrons. The Bertz CT molecular complexity index is 1330. The number of para-hydroxylation sites is 2. The van der Waals surface area contributed by atoms with Crippen molar-refractivity contribution in [2.24, 2.45) is 0 Å². The SMILES string of the molecule is CCCCn1cc(C2=C(c3n[nH]c4ccccc34)C(=O)NC2=O)c2ccccc21.COC. The van der Waals surface area contributed by atoms with Crippen LogP contribution in [0.5, 0.6) is 0 Å². The number of benzene rings is 2. The van der Waals surface area contributed by atoms with E-state index in [0.717, 1.165) is 46.8 Å². The number of rotatable bonds is 5. The van der Waals surface area contributed by atoms with E-state index in [2.05, 4.69) is 31.7 Å². The molecule has 0 spiro atoms. The standard InChI is InChI=1S/C23H20N4O2.C2H6O/c1-2-3-12-27-13-16(14-8-5-7-11-18(14)27)19-20(23(29)24-22(19)28)21-15-9-4-6-10-17(15)25-26-21;1-3-2/h4-11,13H,2-3,12H2,1H3,(H,25,26)(H,24,28,29);1-2H3. The first-order chi connectivity index (χ1) is 15.6. The van der Waals surface area contributed by atoms with Crippen molar-refractivity contribution in [3.8, 4) is 0 Å². The third-order valence-electron chi connectivity index (χ3n) is 5.45. The van der Waals surface area contributed by atoms with E-state index >= 15 is 0 Å². The predicted molar refractivity (Wildman–Crippen MR) is 126 cm³/mol. The van der Waals surface area contributed by atoms with Gasteiger partial charge in [0.25, 0.3) is 11.8 Å². The molecule has 2 amide bonds. The highest BCUT2D eigenvalue weighted by Gasteiger charge is 2.35. The molecule has 2 aromatic carbocycles. The molecule has 0 unspecified atom stereocenters. The maximum Gasteiger partial charge on any atom is 0.261 e. The molecule has 0 saturated carbocycles. The molecule has 4 aromatic rings. The smallest absolute Gasteiger partial charge is 0.261 e. The van der Waals surface area contributed by atoms with Crippen LogP contribution in [-0.2, 0) is 20.9 Å². The van der Waals surface area contributed by atoms with Crippen LogP contribution in [0.3, 0.4) is 0 Å². The lowest BCUT2D eigenvalue weighted by Gasteiger charge is -2.02. The van der Waals surface area contributed by atoms with Crippen LogP contribution in [0.15, 0.2) is 54.7 Å². The van der Waals surface area contributed by atoms with E-state index in [1.807, 2.05) is 54.7 Å². The van der Waals surface area contributed by atoms with E-state index in [0.29, 0.717) is 16.8 Å². The normalized spacial score (nSPS) is 13.6. The number of aryl methyl sites for hydroxylation is 1. The molecule has 7 heteroatoms. The molecule has 7 nitrogen and oxygen atoms in total. The first-order valence-electron chi connectivity index (χ1n) is 10.6. The summed E-state index contributed by atoms with van der Waals surface area (Å²) >= 11 is 0. The van der Waals surface area contributed by atoms with E-state index in [1.54, 1.807) is 14.2 Å². The summed E-state index contributed by atoms with van der Waals surface area (Å²) in [6, 6.07) is 15.6. The molecule has 32 heavy (non-hydrogen) atoms. The van der Waals surface area contributed by atoms with Gasteiger partial charge in [-0.25, -0.2) is 0 Å². The quantitative estimate of drug-likeness (QED) is 0.466. The number of ether oxygens (including phenoxy) is 1. The zero-order chi connectivity index (χ0) is 22.7. The number of nitrogens with zero attached hydrogens (tertiary/aromatic N) is 2. The Hall–Kier alpha value is -3.71. The second kappa shape index (κ2) is 9.20. The third-order valence-corrected chi connectivity index (χ3v) is 5.45. The number of carbonyl (C=O) groups excluding carboxylic acids is 2. The largest absolute Gasteiger partial charge is 0.388 e. The summed E-state index contributed by atoms with van der Waals surface area (Å²) in [7, 11) is 3.25. The number of hydrogen-bond donors (Lipinski definition) is 2. The van der Waals surface area contributed by atoms with Crippen LogP contribution in [0.1, 0.15) is 31.0 Å². The van der Waals surface area contributed by atoms with E-state index in [1.165, 1.54) is 0 Å². The summed E-state index contributed by atoms with van der Waals surface area (Å²) in [6.45, 7) is 3.01. The minimum atomic E-state index is -0.410. The highest BCUT2D eigenvalue weighted by Crippen LogP contribution is 2.37. The van der Waals surface area contributed by atoms with Crippen molar-refractivity contribution in [2.75, 3.05) is 14.2 Å². The van der Waals surface area contributed by atoms with Gasteiger partial charge in [0.05, 0.1) is 16.7 Å². The number of nitrogens with one attached hydrogen (secondary N) is 2. The number of hydrogen-bond acceptors (Lipinski definition) is 4. The molecule has 0 atom stereocenters. The number of aromatic nitrogens is 3. The molecule has 0 radical (unpaired) electrons. The lowest BCUT2D eigenvalue weighted by molar-refractivity contribution is -0.122. The van der Waals surface area contributed by atoms with Gasteiger partial charge in [0.1, 0.15) is 5.69 Å². The number of carbonyl (C=O) groups is 2. The molecule has 2 aromatic heterocycles. The monoisotopic (exact) mass is 430 g/mol. The molecular weight excluding hydrogens is 404 g/mol. The van der Waals surface area contributed by atoms with E-state index in [9.17, 15) is 9.59 Å². The number of H-pyrrole nitrogens is 1. The van der Waals surface area contributed by atoms with Crippen molar-refractivity contribution in [3.05, 3.63) is 66.0 Å². The average Bonchev–Trinajstić information content (AvgIpc) is 3.46. The predicted octanol–water partition coefficient (Wildman–Crippen LogP) is 4.15. The van der Waals surface area contributed by atoms with Crippen molar-refractivity contribution in [3.63, 3.8) is 0 Å². The van der Waals surface area contributed by atoms with Gasteiger partial charge in [0.15, 0.2) is 0 Å². The molecule has 2 N–H and O–H groups in total. The fourth-order valence-corrected chi connectivity index (χ4v) is 4.05. The molecule has 0 fully saturated rings. The summed E-state index contributed by atoms with van der Waals surface area (Å²) in [6.07, 6.45) is 4.11. The Morgan fingerprint density at radius 2 is 1.59 bits per heavy atom. The summed E-state index contributed by atoms with van der Waals surface area (Å²) in [5.41, 5.74) is 3.87. The molecule has 0 saturated heterocycles. The first kappa shape index (κ1) is 21.5. The second-order valence-corrected chi connectivity index (χ2v) is 7.67. The van der Waals surface area contributed by atoms with Crippen LogP contribution in [0.4, 0.5) is 0 Å². The summed E-state index contributed by atoms with van der Waals surface area (Å²) in [4.78, 5) is 25.6. The minimum Gasteiger partial charge on any atom is -0.388 e.